The molecular weight excluding hydrogens is 831 g/mol. The predicted molar refractivity (Wildman–Crippen MR) is 282 cm³/mol. The van der Waals surface area contributed by atoms with E-state index >= 15 is 0 Å². The van der Waals surface area contributed by atoms with E-state index in [1.165, 1.54) is 47.0 Å². The van der Waals surface area contributed by atoms with Crippen LogP contribution < -0.4 is 4.90 Å². The summed E-state index contributed by atoms with van der Waals surface area (Å²) in [5.74, 6) is 0. The first-order valence-corrected chi connectivity index (χ1v) is 24.4. The highest BCUT2D eigenvalue weighted by Crippen LogP contribution is 2.73. The molecule has 0 aliphatic heterocycles. The van der Waals surface area contributed by atoms with E-state index < -0.39 is 10.0 Å². The van der Waals surface area contributed by atoms with Gasteiger partial charge in [0, 0.05) is 47.3 Å². The van der Waals surface area contributed by atoms with Gasteiger partial charge in [-0.25, -0.2) is 0 Å². The van der Waals surface area contributed by atoms with Crippen LogP contribution in [0.2, 0.25) is 0 Å². The summed E-state index contributed by atoms with van der Waals surface area (Å²) in [6.07, 6.45) is 0. The molecule has 1 aromatic heterocycles. The van der Waals surface area contributed by atoms with Gasteiger partial charge in [-0.2, -0.15) is 0 Å². The molecule has 1 heterocycles. The number of para-hydroxylation sites is 2. The van der Waals surface area contributed by atoms with Crippen LogP contribution in [0.1, 0.15) is 0 Å². The molecule has 0 N–H and O–H groups in total. The molecule has 0 amide bonds. The van der Waals surface area contributed by atoms with Crippen LogP contribution in [0.4, 0.5) is 17.1 Å². The minimum absolute atomic E-state index is 0.845. The first kappa shape index (κ1) is 40.2. The molecule has 0 spiro atoms. The summed E-state index contributed by atoms with van der Waals surface area (Å²) in [4.78, 5) is 7.54. The Morgan fingerprint density at radius 3 is 1.36 bits per heavy atom. The molecule has 12 rings (SSSR count). The molecule has 0 saturated carbocycles. The van der Waals surface area contributed by atoms with Gasteiger partial charge in [-0.05, 0) is 117 Å². The molecule has 0 fully saturated rings. The lowest BCUT2D eigenvalue weighted by molar-refractivity contribution is 0.670. The molecule has 0 aliphatic rings. The molecule has 0 saturated heterocycles. The van der Waals surface area contributed by atoms with Crippen LogP contribution in [0.3, 0.4) is 0 Å². The van der Waals surface area contributed by atoms with Gasteiger partial charge < -0.3 is 9.32 Å². The van der Waals surface area contributed by atoms with Crippen molar-refractivity contribution in [2.24, 2.45) is 0 Å². The van der Waals surface area contributed by atoms with Gasteiger partial charge in [0.15, 0.2) is 5.58 Å². The van der Waals surface area contributed by atoms with Crippen LogP contribution in [0, 0.1) is 0 Å². The molecule has 67 heavy (non-hydrogen) atoms. The summed E-state index contributed by atoms with van der Waals surface area (Å²) in [6, 6.07) is 99.0. The van der Waals surface area contributed by atoms with Crippen molar-refractivity contribution in [2.45, 2.75) is 19.6 Å². The smallest absolute Gasteiger partial charge is 0.159 e. The van der Waals surface area contributed by atoms with E-state index in [0.717, 1.165) is 55.7 Å². The highest BCUT2D eigenvalue weighted by atomic mass is 32.3. The summed E-state index contributed by atoms with van der Waals surface area (Å²) in [5.41, 5.74) is 11.7. The van der Waals surface area contributed by atoms with Crippen molar-refractivity contribution in [3.63, 3.8) is 0 Å². The second-order valence-electron chi connectivity index (χ2n) is 16.8. The maximum atomic E-state index is 7.04. The van der Waals surface area contributed by atoms with Gasteiger partial charge in [-0.1, -0.05) is 194 Å². The van der Waals surface area contributed by atoms with Gasteiger partial charge in [0.25, 0.3) is 0 Å². The van der Waals surface area contributed by atoms with E-state index in [-0.39, 0.29) is 0 Å². The quantitative estimate of drug-likeness (QED) is 0.136. The maximum absolute atomic E-state index is 7.04. The standard InChI is InChI=1S/C64H45NOS/c1-5-19-48(20-6-1)59-33-17-34-60-61-35-18-36-62(64(61)66-63(59)60)65(52-43-39-49(40-44-52)58-32-16-22-47-21-13-14-31-57(47)58)51-41-37-46(38-42-51)50-23-15-30-56(45-50)67(53-24-7-2-8-25-53,54-26-9-3-10-27-54)55-28-11-4-12-29-55/h1-45H. The third-order valence-electron chi connectivity index (χ3n) is 13.0. The Morgan fingerprint density at radius 2 is 0.716 bits per heavy atom. The summed E-state index contributed by atoms with van der Waals surface area (Å²) in [7, 11) is -1.84. The van der Waals surface area contributed by atoms with E-state index in [1.807, 2.05) is 0 Å². The topological polar surface area (TPSA) is 16.4 Å². The Balaban J connectivity index is 1.00. The fourth-order valence-electron chi connectivity index (χ4n) is 9.88. The molecule has 318 valence electrons. The Morgan fingerprint density at radius 1 is 0.284 bits per heavy atom. The molecule has 0 unspecified atom stereocenters. The number of anilines is 3. The number of nitrogens with zero attached hydrogens (tertiary/aromatic N) is 1. The van der Waals surface area contributed by atoms with Gasteiger partial charge in [0.05, 0.1) is 5.69 Å². The number of benzene rings is 11. The fourth-order valence-corrected chi connectivity index (χ4v) is 13.8. The normalized spacial score (nSPS) is 11.8. The highest BCUT2D eigenvalue weighted by Gasteiger charge is 2.33. The molecule has 0 bridgehead atoms. The molecule has 11 aromatic carbocycles. The Hall–Kier alpha value is -8.37. The molecule has 12 aromatic rings. The van der Waals surface area contributed by atoms with Crippen molar-refractivity contribution < 1.29 is 4.42 Å². The Bertz CT molecular complexity index is 3560. The zero-order valence-electron chi connectivity index (χ0n) is 36.7. The number of hydrogen-bond donors (Lipinski definition) is 0. The molecule has 2 nitrogen and oxygen atoms in total. The number of fused-ring (bicyclic) bond motifs is 4. The lowest BCUT2D eigenvalue weighted by Crippen LogP contribution is -2.10. The van der Waals surface area contributed by atoms with Crippen molar-refractivity contribution in [1.29, 1.82) is 0 Å². The zero-order valence-corrected chi connectivity index (χ0v) is 37.6. The first-order chi connectivity index (χ1) is 33.2. The molecule has 0 aliphatic carbocycles. The van der Waals surface area contributed by atoms with E-state index in [2.05, 4.69) is 278 Å². The zero-order chi connectivity index (χ0) is 44.6. The molecule has 0 atom stereocenters. The fraction of sp³-hybridized carbons (Fsp3) is 0. The highest BCUT2D eigenvalue weighted by molar-refractivity contribution is 8.34. The average Bonchev–Trinajstić information content (AvgIpc) is 3.80. The largest absolute Gasteiger partial charge is 0.453 e. The van der Waals surface area contributed by atoms with Crippen molar-refractivity contribution in [1.82, 2.24) is 0 Å². The van der Waals surface area contributed by atoms with Crippen molar-refractivity contribution in [3.8, 4) is 33.4 Å². The van der Waals surface area contributed by atoms with Gasteiger partial charge in [-0.3, -0.25) is 0 Å². The summed E-state index contributed by atoms with van der Waals surface area (Å²) in [6.45, 7) is 0. The predicted octanol–water partition coefficient (Wildman–Crippen LogP) is 18.6. The van der Waals surface area contributed by atoms with Crippen LogP contribution in [0.25, 0.3) is 66.1 Å². The third kappa shape index (κ3) is 7.09. The van der Waals surface area contributed by atoms with Gasteiger partial charge in [0.2, 0.25) is 0 Å². The Labute approximate surface area is 393 Å². The summed E-state index contributed by atoms with van der Waals surface area (Å²) >= 11 is 0. The van der Waals surface area contributed by atoms with E-state index in [4.69, 9.17) is 4.42 Å². The van der Waals surface area contributed by atoms with Gasteiger partial charge in [-0.15, -0.1) is 10.0 Å². The Kier molecular flexibility index (Phi) is 10.3. The minimum atomic E-state index is -1.84. The minimum Gasteiger partial charge on any atom is -0.453 e. The first-order valence-electron chi connectivity index (χ1n) is 22.8. The second-order valence-corrected chi connectivity index (χ2v) is 19.9. The average molecular weight is 876 g/mol. The molecule has 3 heteroatoms. The summed E-state index contributed by atoms with van der Waals surface area (Å²) in [5, 5.41) is 4.65. The molecule has 0 radical (unpaired) electrons. The van der Waals surface area contributed by atoms with Gasteiger partial charge >= 0.3 is 0 Å². The maximum Gasteiger partial charge on any atom is 0.159 e. The number of hydrogen-bond acceptors (Lipinski definition) is 2. The van der Waals surface area contributed by atoms with Crippen molar-refractivity contribution in [3.05, 3.63) is 273 Å². The van der Waals surface area contributed by atoms with Crippen molar-refractivity contribution in [2.75, 3.05) is 4.90 Å². The van der Waals surface area contributed by atoms with Crippen LogP contribution in [0.15, 0.2) is 297 Å². The lowest BCUT2D eigenvalue weighted by atomic mass is 9.98. The SMILES string of the molecule is c1ccc(-c2cccc3c2oc2c(N(c4ccc(-c5cccc(S(c6ccccc6)(c6ccccc6)c6ccccc6)c5)cc4)c4ccc(-c5cccc6ccccc56)cc4)cccc23)cc1. The van der Waals surface area contributed by atoms with Gasteiger partial charge in [0.1, 0.15) is 5.58 Å². The van der Waals surface area contributed by atoms with Crippen molar-refractivity contribution >= 4 is 59.8 Å². The lowest BCUT2D eigenvalue weighted by Gasteiger charge is -2.42. The van der Waals surface area contributed by atoms with Crippen LogP contribution in [0.5, 0.6) is 0 Å². The second kappa shape index (κ2) is 17.2. The van der Waals surface area contributed by atoms with Crippen LogP contribution in [-0.2, 0) is 0 Å². The number of furan rings is 1. The number of rotatable bonds is 10. The van der Waals surface area contributed by atoms with E-state index in [9.17, 15) is 0 Å². The van der Waals surface area contributed by atoms with E-state index in [1.54, 1.807) is 0 Å². The third-order valence-corrected chi connectivity index (χ3v) is 16.9. The van der Waals surface area contributed by atoms with E-state index in [0.29, 0.717) is 0 Å². The summed E-state index contributed by atoms with van der Waals surface area (Å²) < 4.78 is 7.04. The monoisotopic (exact) mass is 875 g/mol. The van der Waals surface area contributed by atoms with Crippen LogP contribution >= 0.6 is 10.0 Å². The van der Waals surface area contributed by atoms with Crippen LogP contribution in [-0.4, -0.2) is 0 Å². The molecular formula is C64H45NOS.